The van der Waals surface area contributed by atoms with Crippen LogP contribution in [0.1, 0.15) is 33.6 Å². The molecule has 8 heteroatoms. The summed E-state index contributed by atoms with van der Waals surface area (Å²) in [5, 5.41) is 0. The standard InChI is InChI=1S/C19H20N2O5S/c1-26-19(23)15-7-4-8-16(12-15)20-27(24,25)17-9-5-6-14(13-17)18(22)21-10-2-3-11-21/h4-9,12-13,20H,2-3,10-11H2,1H3. The summed E-state index contributed by atoms with van der Waals surface area (Å²) < 4.78 is 32.5. The van der Waals surface area contributed by atoms with E-state index >= 15 is 0 Å². The normalized spacial score (nSPS) is 14.0. The lowest BCUT2D eigenvalue weighted by atomic mass is 10.2. The fraction of sp³-hybridized carbons (Fsp3) is 0.263. The van der Waals surface area contributed by atoms with Gasteiger partial charge in [0.1, 0.15) is 0 Å². The number of hydrogen-bond acceptors (Lipinski definition) is 5. The van der Waals surface area contributed by atoms with Crippen LogP contribution in [0.5, 0.6) is 0 Å². The predicted molar refractivity (Wildman–Crippen MR) is 100 cm³/mol. The molecule has 2 aromatic carbocycles. The van der Waals surface area contributed by atoms with Gasteiger partial charge in [-0.25, -0.2) is 13.2 Å². The van der Waals surface area contributed by atoms with Crippen molar-refractivity contribution >= 4 is 27.6 Å². The number of nitrogens with zero attached hydrogens (tertiary/aromatic N) is 1. The molecule has 1 heterocycles. The summed E-state index contributed by atoms with van der Waals surface area (Å²) in [5.41, 5.74) is 0.799. The molecule has 0 bridgehead atoms. The third-order valence-corrected chi connectivity index (χ3v) is 5.70. The molecule has 1 N–H and O–H groups in total. The zero-order valence-corrected chi connectivity index (χ0v) is 15.7. The average molecular weight is 388 g/mol. The minimum absolute atomic E-state index is 0.0176. The second kappa shape index (κ2) is 7.79. The van der Waals surface area contributed by atoms with Gasteiger partial charge in [-0.2, -0.15) is 0 Å². The average Bonchev–Trinajstić information content (AvgIpc) is 3.21. The highest BCUT2D eigenvalue weighted by Crippen LogP contribution is 2.20. The lowest BCUT2D eigenvalue weighted by molar-refractivity contribution is 0.0600. The highest BCUT2D eigenvalue weighted by Gasteiger charge is 2.22. The summed E-state index contributed by atoms with van der Waals surface area (Å²) in [6.45, 7) is 1.38. The first-order chi connectivity index (χ1) is 12.9. The second-order valence-electron chi connectivity index (χ2n) is 6.21. The number of carbonyl (C=O) groups is 2. The molecule has 1 amide bonds. The number of likely N-dealkylation sites (tertiary alicyclic amines) is 1. The zero-order valence-electron chi connectivity index (χ0n) is 14.8. The van der Waals surface area contributed by atoms with Gasteiger partial charge >= 0.3 is 5.97 Å². The number of esters is 1. The molecular formula is C19H20N2O5S. The molecule has 0 aromatic heterocycles. The van der Waals surface area contributed by atoms with Crippen LogP contribution >= 0.6 is 0 Å². The van der Waals surface area contributed by atoms with Crippen LogP contribution in [0.2, 0.25) is 0 Å². The van der Waals surface area contributed by atoms with Crippen LogP contribution in [0.15, 0.2) is 53.4 Å². The van der Waals surface area contributed by atoms with E-state index in [1.165, 1.54) is 37.4 Å². The Morgan fingerprint density at radius 1 is 1.00 bits per heavy atom. The Bertz CT molecular complexity index is 966. The molecule has 1 saturated heterocycles. The summed E-state index contributed by atoms with van der Waals surface area (Å²) in [6, 6.07) is 11.9. The first-order valence-electron chi connectivity index (χ1n) is 8.51. The number of carbonyl (C=O) groups excluding carboxylic acids is 2. The van der Waals surface area contributed by atoms with Crippen LogP contribution in [0.4, 0.5) is 5.69 Å². The van der Waals surface area contributed by atoms with Crippen molar-refractivity contribution < 1.29 is 22.7 Å². The van der Waals surface area contributed by atoms with Crippen molar-refractivity contribution in [3.8, 4) is 0 Å². The number of ether oxygens (including phenoxy) is 1. The summed E-state index contributed by atoms with van der Waals surface area (Å²) in [7, 11) is -2.66. The molecule has 27 heavy (non-hydrogen) atoms. The zero-order chi connectivity index (χ0) is 19.4. The van der Waals surface area contributed by atoms with Crippen molar-refractivity contribution in [2.45, 2.75) is 17.7 Å². The Hall–Kier alpha value is -2.87. The summed E-state index contributed by atoms with van der Waals surface area (Å²) in [4.78, 5) is 25.8. The molecule has 0 saturated carbocycles. The van der Waals surface area contributed by atoms with E-state index in [1.54, 1.807) is 23.1 Å². The number of hydrogen-bond donors (Lipinski definition) is 1. The number of amides is 1. The van der Waals surface area contributed by atoms with E-state index in [-0.39, 0.29) is 22.1 Å². The monoisotopic (exact) mass is 388 g/mol. The third kappa shape index (κ3) is 4.28. The Kier molecular flexibility index (Phi) is 5.46. The van der Waals surface area contributed by atoms with Crippen LogP contribution in [0.3, 0.4) is 0 Å². The molecule has 2 aromatic rings. The van der Waals surface area contributed by atoms with E-state index in [2.05, 4.69) is 9.46 Å². The largest absolute Gasteiger partial charge is 0.465 e. The van der Waals surface area contributed by atoms with Crippen molar-refractivity contribution in [2.24, 2.45) is 0 Å². The SMILES string of the molecule is COC(=O)c1cccc(NS(=O)(=O)c2cccc(C(=O)N3CCCC3)c2)c1. The second-order valence-corrected chi connectivity index (χ2v) is 7.89. The molecule has 1 aliphatic rings. The first kappa shape index (κ1) is 18.9. The topological polar surface area (TPSA) is 92.8 Å². The molecule has 7 nitrogen and oxygen atoms in total. The molecule has 0 aliphatic carbocycles. The van der Waals surface area contributed by atoms with Gasteiger partial charge in [0.05, 0.1) is 17.6 Å². The van der Waals surface area contributed by atoms with Crippen molar-refractivity contribution in [2.75, 3.05) is 24.9 Å². The van der Waals surface area contributed by atoms with Gasteiger partial charge in [-0.3, -0.25) is 9.52 Å². The van der Waals surface area contributed by atoms with E-state index < -0.39 is 16.0 Å². The quantitative estimate of drug-likeness (QED) is 0.795. The maximum absolute atomic E-state index is 12.7. The van der Waals surface area contributed by atoms with Gasteiger partial charge in [0.2, 0.25) is 0 Å². The Labute approximate surface area is 158 Å². The van der Waals surface area contributed by atoms with Crippen LogP contribution < -0.4 is 4.72 Å². The van der Waals surface area contributed by atoms with Gasteiger partial charge < -0.3 is 9.64 Å². The van der Waals surface area contributed by atoms with Crippen molar-refractivity contribution in [3.63, 3.8) is 0 Å². The number of rotatable bonds is 5. The van der Waals surface area contributed by atoms with E-state index in [0.29, 0.717) is 18.7 Å². The molecule has 0 spiro atoms. The molecule has 0 atom stereocenters. The van der Waals surface area contributed by atoms with E-state index in [4.69, 9.17) is 0 Å². The van der Waals surface area contributed by atoms with Gasteiger partial charge in [-0.15, -0.1) is 0 Å². The van der Waals surface area contributed by atoms with Crippen LogP contribution in [-0.4, -0.2) is 45.4 Å². The van der Waals surface area contributed by atoms with E-state index in [9.17, 15) is 18.0 Å². The number of sulfonamides is 1. The van der Waals surface area contributed by atoms with Crippen LogP contribution in [0, 0.1) is 0 Å². The van der Waals surface area contributed by atoms with Crippen LogP contribution in [-0.2, 0) is 14.8 Å². The van der Waals surface area contributed by atoms with E-state index in [1.807, 2.05) is 0 Å². The van der Waals surface area contributed by atoms with Gasteiger partial charge in [-0.05, 0) is 49.2 Å². The van der Waals surface area contributed by atoms with Gasteiger partial charge in [-0.1, -0.05) is 12.1 Å². The molecule has 142 valence electrons. The minimum atomic E-state index is -3.91. The van der Waals surface area contributed by atoms with Gasteiger partial charge in [0, 0.05) is 24.3 Å². The molecule has 1 aliphatic heterocycles. The number of nitrogens with one attached hydrogen (secondary N) is 1. The smallest absolute Gasteiger partial charge is 0.337 e. The fourth-order valence-corrected chi connectivity index (χ4v) is 4.04. The number of methoxy groups -OCH3 is 1. The fourth-order valence-electron chi connectivity index (χ4n) is 2.94. The maximum atomic E-state index is 12.7. The molecule has 0 radical (unpaired) electrons. The highest BCUT2D eigenvalue weighted by molar-refractivity contribution is 7.92. The molecule has 1 fully saturated rings. The summed E-state index contributed by atoms with van der Waals surface area (Å²) in [6.07, 6.45) is 1.92. The third-order valence-electron chi connectivity index (χ3n) is 4.32. The Morgan fingerprint density at radius 2 is 1.67 bits per heavy atom. The lowest BCUT2D eigenvalue weighted by Gasteiger charge is -2.16. The van der Waals surface area contributed by atoms with Crippen molar-refractivity contribution in [1.29, 1.82) is 0 Å². The highest BCUT2D eigenvalue weighted by atomic mass is 32.2. The van der Waals surface area contributed by atoms with Crippen molar-refractivity contribution in [1.82, 2.24) is 4.90 Å². The number of benzene rings is 2. The molecular weight excluding hydrogens is 368 g/mol. The maximum Gasteiger partial charge on any atom is 0.337 e. The molecule has 0 unspecified atom stereocenters. The van der Waals surface area contributed by atoms with Crippen molar-refractivity contribution in [3.05, 3.63) is 59.7 Å². The van der Waals surface area contributed by atoms with Gasteiger partial charge in [0.25, 0.3) is 15.9 Å². The van der Waals surface area contributed by atoms with Crippen LogP contribution in [0.25, 0.3) is 0 Å². The Balaban J connectivity index is 1.84. The van der Waals surface area contributed by atoms with E-state index in [0.717, 1.165) is 12.8 Å². The molecule has 3 rings (SSSR count). The summed E-state index contributed by atoms with van der Waals surface area (Å²) >= 11 is 0. The van der Waals surface area contributed by atoms with Gasteiger partial charge in [0.15, 0.2) is 0 Å². The Morgan fingerprint density at radius 3 is 2.37 bits per heavy atom. The predicted octanol–water partition coefficient (Wildman–Crippen LogP) is 2.51. The summed E-state index contributed by atoms with van der Waals surface area (Å²) in [5.74, 6) is -0.730. The first-order valence-corrected chi connectivity index (χ1v) is 9.99. The lowest BCUT2D eigenvalue weighted by Crippen LogP contribution is -2.27. The minimum Gasteiger partial charge on any atom is -0.465 e. The number of anilines is 1.